The molecule has 0 aromatic rings. The fourth-order valence-corrected chi connectivity index (χ4v) is 1.20. The van der Waals surface area contributed by atoms with E-state index in [2.05, 4.69) is 10.6 Å². The van der Waals surface area contributed by atoms with E-state index < -0.39 is 5.41 Å². The van der Waals surface area contributed by atoms with E-state index in [9.17, 15) is 9.59 Å². The van der Waals surface area contributed by atoms with Crippen LogP contribution in [-0.2, 0) is 14.3 Å². The number of carbonyl (C=O) groups is 2. The summed E-state index contributed by atoms with van der Waals surface area (Å²) >= 11 is 0. The first-order chi connectivity index (χ1) is 7.96. The lowest BCUT2D eigenvalue weighted by Gasteiger charge is -2.22. The third-order valence-electron chi connectivity index (χ3n) is 2.48. The Morgan fingerprint density at radius 2 is 1.65 bits per heavy atom. The Labute approximate surface area is 103 Å². The molecule has 5 nitrogen and oxygen atoms in total. The molecule has 0 atom stereocenters. The number of rotatable bonds is 8. The molecule has 0 saturated heterocycles. The Kier molecular flexibility index (Phi) is 7.54. The lowest BCUT2D eigenvalue weighted by Crippen LogP contribution is -2.48. The van der Waals surface area contributed by atoms with Crippen molar-refractivity contribution < 1.29 is 14.3 Å². The van der Waals surface area contributed by atoms with Crippen LogP contribution in [0.25, 0.3) is 0 Å². The van der Waals surface area contributed by atoms with Gasteiger partial charge in [-0.15, -0.1) is 0 Å². The third kappa shape index (κ3) is 5.68. The van der Waals surface area contributed by atoms with Crippen LogP contribution < -0.4 is 10.6 Å². The Balaban J connectivity index is 4.09. The summed E-state index contributed by atoms with van der Waals surface area (Å²) in [5.41, 5.74) is -1.03. The molecule has 0 aromatic heterocycles. The molecular formula is C12H24N2O3. The highest BCUT2D eigenvalue weighted by molar-refractivity contribution is 6.04. The van der Waals surface area contributed by atoms with Gasteiger partial charge in [0.25, 0.3) is 0 Å². The van der Waals surface area contributed by atoms with Crippen molar-refractivity contribution in [2.45, 2.75) is 33.6 Å². The van der Waals surface area contributed by atoms with Crippen molar-refractivity contribution in [2.24, 2.45) is 5.41 Å². The first-order valence-corrected chi connectivity index (χ1v) is 6.02. The van der Waals surface area contributed by atoms with E-state index in [0.29, 0.717) is 19.7 Å². The maximum Gasteiger partial charge on any atom is 0.235 e. The van der Waals surface area contributed by atoms with Gasteiger partial charge in [-0.05, 0) is 26.7 Å². The number of methoxy groups -OCH3 is 1. The fraction of sp³-hybridized carbons (Fsp3) is 0.833. The van der Waals surface area contributed by atoms with Crippen molar-refractivity contribution in [3.05, 3.63) is 0 Å². The number of hydrogen-bond donors (Lipinski definition) is 2. The minimum Gasteiger partial charge on any atom is -0.385 e. The van der Waals surface area contributed by atoms with Crippen LogP contribution in [0.3, 0.4) is 0 Å². The fourth-order valence-electron chi connectivity index (χ4n) is 1.20. The molecular weight excluding hydrogens is 220 g/mol. The zero-order valence-electron chi connectivity index (χ0n) is 11.3. The predicted octanol–water partition coefficient (Wildman–Crippen LogP) is 0.691. The SMILES string of the molecule is CCCNC(=O)C(C)(C)C(=O)NCCCOC. The quantitative estimate of drug-likeness (QED) is 0.487. The maximum absolute atomic E-state index is 11.8. The second-order valence-electron chi connectivity index (χ2n) is 4.48. The lowest BCUT2D eigenvalue weighted by atomic mass is 9.91. The molecule has 5 heteroatoms. The molecule has 0 fully saturated rings. The van der Waals surface area contributed by atoms with Gasteiger partial charge in [0.15, 0.2) is 0 Å². The third-order valence-corrected chi connectivity index (χ3v) is 2.48. The summed E-state index contributed by atoms with van der Waals surface area (Å²) in [6.07, 6.45) is 1.60. The number of amides is 2. The molecule has 0 rings (SSSR count). The van der Waals surface area contributed by atoms with Gasteiger partial charge in [-0.25, -0.2) is 0 Å². The zero-order valence-corrected chi connectivity index (χ0v) is 11.3. The van der Waals surface area contributed by atoms with Crippen molar-refractivity contribution in [1.29, 1.82) is 0 Å². The van der Waals surface area contributed by atoms with E-state index in [4.69, 9.17) is 4.74 Å². The van der Waals surface area contributed by atoms with Gasteiger partial charge in [-0.2, -0.15) is 0 Å². The van der Waals surface area contributed by atoms with Crippen molar-refractivity contribution >= 4 is 11.8 Å². The van der Waals surface area contributed by atoms with Crippen molar-refractivity contribution in [3.8, 4) is 0 Å². The summed E-state index contributed by atoms with van der Waals surface area (Å²) in [7, 11) is 1.62. The average Bonchev–Trinajstić information content (AvgIpc) is 2.31. The van der Waals surface area contributed by atoms with Gasteiger partial charge in [0.05, 0.1) is 0 Å². The molecule has 100 valence electrons. The van der Waals surface area contributed by atoms with Crippen LogP contribution in [0.5, 0.6) is 0 Å². The standard InChI is InChI=1S/C12H24N2O3/c1-5-7-13-10(15)12(2,3)11(16)14-8-6-9-17-4/h5-9H2,1-4H3,(H,13,15)(H,14,16). The summed E-state index contributed by atoms with van der Waals surface area (Å²) < 4.78 is 4.88. The zero-order chi connectivity index (χ0) is 13.3. The van der Waals surface area contributed by atoms with E-state index in [1.165, 1.54) is 0 Å². The number of ether oxygens (including phenoxy) is 1. The van der Waals surface area contributed by atoms with E-state index in [1.807, 2.05) is 6.92 Å². The molecule has 0 aliphatic rings. The minimum atomic E-state index is -1.03. The molecule has 0 aliphatic heterocycles. The highest BCUT2D eigenvalue weighted by Gasteiger charge is 2.35. The molecule has 2 N–H and O–H groups in total. The average molecular weight is 244 g/mol. The molecule has 17 heavy (non-hydrogen) atoms. The van der Waals surface area contributed by atoms with Gasteiger partial charge >= 0.3 is 0 Å². The Hall–Kier alpha value is -1.10. The molecule has 0 aromatic carbocycles. The van der Waals surface area contributed by atoms with Gasteiger partial charge in [-0.1, -0.05) is 6.92 Å². The summed E-state index contributed by atoms with van der Waals surface area (Å²) in [4.78, 5) is 23.6. The molecule has 0 saturated carbocycles. The van der Waals surface area contributed by atoms with Crippen molar-refractivity contribution in [1.82, 2.24) is 10.6 Å². The topological polar surface area (TPSA) is 67.4 Å². The molecule has 0 radical (unpaired) electrons. The van der Waals surface area contributed by atoms with Gasteiger partial charge in [0.2, 0.25) is 11.8 Å². The number of nitrogens with one attached hydrogen (secondary N) is 2. The predicted molar refractivity (Wildman–Crippen MR) is 66.6 cm³/mol. The number of hydrogen-bond acceptors (Lipinski definition) is 3. The Morgan fingerprint density at radius 1 is 1.12 bits per heavy atom. The highest BCUT2D eigenvalue weighted by atomic mass is 16.5. The van der Waals surface area contributed by atoms with Gasteiger partial charge in [0, 0.05) is 26.8 Å². The van der Waals surface area contributed by atoms with Crippen molar-refractivity contribution in [2.75, 3.05) is 26.8 Å². The van der Waals surface area contributed by atoms with E-state index in [0.717, 1.165) is 12.8 Å². The van der Waals surface area contributed by atoms with Crippen LogP contribution in [0, 0.1) is 5.41 Å². The highest BCUT2D eigenvalue weighted by Crippen LogP contribution is 2.15. The largest absolute Gasteiger partial charge is 0.385 e. The van der Waals surface area contributed by atoms with E-state index >= 15 is 0 Å². The summed E-state index contributed by atoms with van der Waals surface area (Å²) in [6.45, 7) is 6.95. The van der Waals surface area contributed by atoms with Crippen LogP contribution in [0.15, 0.2) is 0 Å². The molecule has 0 bridgehead atoms. The number of carbonyl (C=O) groups excluding carboxylic acids is 2. The second kappa shape index (κ2) is 8.06. The van der Waals surface area contributed by atoms with Gasteiger partial charge in [-0.3, -0.25) is 9.59 Å². The maximum atomic E-state index is 11.8. The van der Waals surface area contributed by atoms with Crippen LogP contribution in [0.1, 0.15) is 33.6 Å². The molecule has 0 unspecified atom stereocenters. The monoisotopic (exact) mass is 244 g/mol. The molecule has 0 heterocycles. The van der Waals surface area contributed by atoms with E-state index in [1.54, 1.807) is 21.0 Å². The van der Waals surface area contributed by atoms with Crippen LogP contribution in [-0.4, -0.2) is 38.6 Å². The van der Waals surface area contributed by atoms with Gasteiger partial charge < -0.3 is 15.4 Å². The summed E-state index contributed by atoms with van der Waals surface area (Å²) in [6, 6.07) is 0. The summed E-state index contributed by atoms with van der Waals surface area (Å²) in [5, 5.41) is 5.47. The molecule has 0 aliphatic carbocycles. The smallest absolute Gasteiger partial charge is 0.235 e. The van der Waals surface area contributed by atoms with Crippen LogP contribution >= 0.6 is 0 Å². The Morgan fingerprint density at radius 3 is 2.12 bits per heavy atom. The molecule has 2 amide bonds. The first-order valence-electron chi connectivity index (χ1n) is 6.02. The summed E-state index contributed by atoms with van der Waals surface area (Å²) in [5.74, 6) is -0.481. The van der Waals surface area contributed by atoms with Crippen LogP contribution in [0.2, 0.25) is 0 Å². The Bertz CT molecular complexity index is 252. The lowest BCUT2D eigenvalue weighted by molar-refractivity contribution is -0.141. The first kappa shape index (κ1) is 15.9. The minimum absolute atomic E-state index is 0.233. The van der Waals surface area contributed by atoms with Crippen LogP contribution in [0.4, 0.5) is 0 Å². The van der Waals surface area contributed by atoms with E-state index in [-0.39, 0.29) is 11.8 Å². The normalized spacial score (nSPS) is 11.1. The second-order valence-corrected chi connectivity index (χ2v) is 4.48. The van der Waals surface area contributed by atoms with Gasteiger partial charge in [0.1, 0.15) is 5.41 Å². The van der Waals surface area contributed by atoms with Crippen molar-refractivity contribution in [3.63, 3.8) is 0 Å². The molecule has 0 spiro atoms.